The molecule has 5 heteroatoms. The van der Waals surface area contributed by atoms with Gasteiger partial charge in [0.05, 0.1) is 12.6 Å². The summed E-state index contributed by atoms with van der Waals surface area (Å²) in [4.78, 5) is 15.7. The molecule has 0 spiro atoms. The summed E-state index contributed by atoms with van der Waals surface area (Å²) in [6.07, 6.45) is 1.02. The number of thiophene rings is 1. The molecule has 2 aliphatic heterocycles. The van der Waals surface area contributed by atoms with Gasteiger partial charge in [0.25, 0.3) is 0 Å². The van der Waals surface area contributed by atoms with Crippen molar-refractivity contribution in [1.82, 2.24) is 10.2 Å². The van der Waals surface area contributed by atoms with Crippen LogP contribution in [-0.2, 0) is 17.8 Å². The maximum absolute atomic E-state index is 12.3. The molecule has 0 aromatic carbocycles. The highest BCUT2D eigenvalue weighted by Gasteiger charge is 2.28. The van der Waals surface area contributed by atoms with Crippen molar-refractivity contribution in [2.24, 2.45) is 0 Å². The van der Waals surface area contributed by atoms with Gasteiger partial charge in [-0.2, -0.15) is 11.8 Å². The van der Waals surface area contributed by atoms with Crippen molar-refractivity contribution in [3.63, 3.8) is 0 Å². The summed E-state index contributed by atoms with van der Waals surface area (Å²) in [5.41, 5.74) is 1.44. The maximum Gasteiger partial charge on any atom is 0.240 e. The number of thioether (sulfide) groups is 1. The fraction of sp³-hybridized carbons (Fsp3) is 0.583. The Balaban J connectivity index is 1.67. The van der Waals surface area contributed by atoms with Gasteiger partial charge in [0.2, 0.25) is 5.91 Å². The molecule has 3 nitrogen and oxygen atoms in total. The summed E-state index contributed by atoms with van der Waals surface area (Å²) in [7, 11) is 0. The van der Waals surface area contributed by atoms with E-state index in [0.29, 0.717) is 0 Å². The van der Waals surface area contributed by atoms with Gasteiger partial charge in [-0.25, -0.2) is 0 Å². The van der Waals surface area contributed by atoms with Gasteiger partial charge in [0.1, 0.15) is 0 Å². The zero-order chi connectivity index (χ0) is 11.7. The Hall–Kier alpha value is -0.520. The van der Waals surface area contributed by atoms with Gasteiger partial charge >= 0.3 is 0 Å². The van der Waals surface area contributed by atoms with E-state index in [0.717, 1.165) is 37.6 Å². The number of hydrogen-bond donors (Lipinski definition) is 1. The van der Waals surface area contributed by atoms with Crippen LogP contribution in [0.15, 0.2) is 11.4 Å². The van der Waals surface area contributed by atoms with Gasteiger partial charge in [-0.05, 0) is 23.4 Å². The number of rotatable bonds is 1. The normalized spacial score (nSPS) is 24.5. The van der Waals surface area contributed by atoms with Crippen LogP contribution in [0.2, 0.25) is 0 Å². The molecule has 0 radical (unpaired) electrons. The zero-order valence-electron chi connectivity index (χ0n) is 9.65. The summed E-state index contributed by atoms with van der Waals surface area (Å²) in [5.74, 6) is 2.34. The lowest BCUT2D eigenvalue weighted by atomic mass is 10.1. The van der Waals surface area contributed by atoms with E-state index in [1.807, 2.05) is 16.7 Å². The highest BCUT2D eigenvalue weighted by Crippen LogP contribution is 2.25. The minimum absolute atomic E-state index is 0.0373. The molecule has 17 heavy (non-hydrogen) atoms. The lowest BCUT2D eigenvalue weighted by Gasteiger charge is -2.32. The van der Waals surface area contributed by atoms with Crippen LogP contribution in [0.5, 0.6) is 0 Å². The standard InChI is InChI=1S/C12H16N2OS2/c15-12(10-8-16-6-3-13-10)14-4-1-9-2-5-17-11(9)7-14/h2,5,10,13H,1,3-4,6-8H2. The van der Waals surface area contributed by atoms with Crippen molar-refractivity contribution in [3.05, 3.63) is 21.9 Å². The van der Waals surface area contributed by atoms with Crippen molar-refractivity contribution >= 4 is 29.0 Å². The number of nitrogens with one attached hydrogen (secondary N) is 1. The number of fused-ring (bicyclic) bond motifs is 1. The summed E-state index contributed by atoms with van der Waals surface area (Å²) in [5, 5.41) is 5.46. The Bertz CT molecular complexity index is 412. The molecule has 1 aromatic rings. The third kappa shape index (κ3) is 2.37. The molecule has 1 amide bonds. The number of carbonyl (C=O) groups excluding carboxylic acids is 1. The van der Waals surface area contributed by atoms with Crippen molar-refractivity contribution in [2.45, 2.75) is 19.0 Å². The Morgan fingerprint density at radius 2 is 2.47 bits per heavy atom. The van der Waals surface area contributed by atoms with E-state index in [9.17, 15) is 4.79 Å². The molecule has 0 aliphatic carbocycles. The van der Waals surface area contributed by atoms with Gasteiger partial charge in [-0.1, -0.05) is 0 Å². The fourth-order valence-corrected chi connectivity index (χ4v) is 4.24. The second kappa shape index (κ2) is 5.00. The number of nitrogens with zero attached hydrogens (tertiary/aromatic N) is 1. The van der Waals surface area contributed by atoms with Gasteiger partial charge in [0, 0.05) is 29.5 Å². The Morgan fingerprint density at radius 1 is 1.53 bits per heavy atom. The van der Waals surface area contributed by atoms with Crippen molar-refractivity contribution in [1.29, 1.82) is 0 Å². The summed E-state index contributed by atoms with van der Waals surface area (Å²) in [6.45, 7) is 2.65. The van der Waals surface area contributed by atoms with E-state index in [1.165, 1.54) is 10.4 Å². The minimum atomic E-state index is 0.0373. The van der Waals surface area contributed by atoms with E-state index in [4.69, 9.17) is 0 Å². The number of hydrogen-bond acceptors (Lipinski definition) is 4. The molecule has 1 aromatic heterocycles. The first-order valence-corrected chi connectivity index (χ1v) is 8.03. The van der Waals surface area contributed by atoms with Crippen LogP contribution < -0.4 is 5.32 Å². The summed E-state index contributed by atoms with van der Waals surface area (Å²) >= 11 is 3.65. The molecule has 3 rings (SSSR count). The van der Waals surface area contributed by atoms with E-state index in [2.05, 4.69) is 16.8 Å². The van der Waals surface area contributed by atoms with Crippen molar-refractivity contribution in [2.75, 3.05) is 24.6 Å². The molecular formula is C12H16N2OS2. The van der Waals surface area contributed by atoms with E-state index in [-0.39, 0.29) is 11.9 Å². The molecule has 2 aliphatic rings. The first kappa shape index (κ1) is 11.6. The molecule has 92 valence electrons. The smallest absolute Gasteiger partial charge is 0.240 e. The Morgan fingerprint density at radius 3 is 3.29 bits per heavy atom. The van der Waals surface area contributed by atoms with Gasteiger partial charge < -0.3 is 10.2 Å². The first-order chi connectivity index (χ1) is 8.34. The van der Waals surface area contributed by atoms with Crippen LogP contribution >= 0.6 is 23.1 Å². The van der Waals surface area contributed by atoms with Crippen molar-refractivity contribution in [3.8, 4) is 0 Å². The molecule has 0 bridgehead atoms. The fourth-order valence-electron chi connectivity index (χ4n) is 2.37. The lowest BCUT2D eigenvalue weighted by Crippen LogP contribution is -2.51. The first-order valence-electron chi connectivity index (χ1n) is 6.00. The number of carbonyl (C=O) groups is 1. The van der Waals surface area contributed by atoms with Gasteiger partial charge in [0.15, 0.2) is 0 Å². The second-order valence-electron chi connectivity index (χ2n) is 4.46. The quantitative estimate of drug-likeness (QED) is 0.834. The monoisotopic (exact) mass is 268 g/mol. The van der Waals surface area contributed by atoms with Crippen LogP contribution in [0.3, 0.4) is 0 Å². The average molecular weight is 268 g/mol. The zero-order valence-corrected chi connectivity index (χ0v) is 11.3. The average Bonchev–Trinajstić information content (AvgIpc) is 2.86. The van der Waals surface area contributed by atoms with Gasteiger partial charge in [-0.15, -0.1) is 11.3 Å². The third-order valence-corrected chi connectivity index (χ3v) is 5.36. The van der Waals surface area contributed by atoms with E-state index < -0.39 is 0 Å². The van der Waals surface area contributed by atoms with Crippen LogP contribution in [0, 0.1) is 0 Å². The molecule has 0 saturated carbocycles. The van der Waals surface area contributed by atoms with Crippen LogP contribution in [0.25, 0.3) is 0 Å². The molecule has 1 atom stereocenters. The molecule has 1 N–H and O–H groups in total. The molecule has 1 saturated heterocycles. The topological polar surface area (TPSA) is 32.3 Å². The predicted octanol–water partition coefficient (Wildman–Crippen LogP) is 1.34. The minimum Gasteiger partial charge on any atom is -0.336 e. The molecule has 1 unspecified atom stereocenters. The third-order valence-electron chi connectivity index (χ3n) is 3.35. The Labute approximate surface area is 110 Å². The molecule has 3 heterocycles. The maximum atomic E-state index is 12.3. The van der Waals surface area contributed by atoms with Crippen molar-refractivity contribution < 1.29 is 4.79 Å². The second-order valence-corrected chi connectivity index (χ2v) is 6.61. The SMILES string of the molecule is O=C(C1CSCCN1)N1CCc2ccsc2C1. The van der Waals surface area contributed by atoms with E-state index >= 15 is 0 Å². The van der Waals surface area contributed by atoms with Crippen LogP contribution in [0.4, 0.5) is 0 Å². The van der Waals surface area contributed by atoms with Crippen LogP contribution in [0.1, 0.15) is 10.4 Å². The number of amides is 1. The molecular weight excluding hydrogens is 252 g/mol. The molecule has 1 fully saturated rings. The summed E-state index contributed by atoms with van der Waals surface area (Å²) in [6, 6.07) is 2.23. The largest absolute Gasteiger partial charge is 0.336 e. The summed E-state index contributed by atoms with van der Waals surface area (Å²) < 4.78 is 0. The Kier molecular flexibility index (Phi) is 3.40. The lowest BCUT2D eigenvalue weighted by molar-refractivity contribution is -0.133. The predicted molar refractivity (Wildman–Crippen MR) is 72.6 cm³/mol. The highest BCUT2D eigenvalue weighted by molar-refractivity contribution is 7.99. The van der Waals surface area contributed by atoms with Gasteiger partial charge in [-0.3, -0.25) is 4.79 Å². The van der Waals surface area contributed by atoms with E-state index in [1.54, 1.807) is 11.3 Å². The highest BCUT2D eigenvalue weighted by atomic mass is 32.2. The van der Waals surface area contributed by atoms with Crippen LogP contribution in [-0.4, -0.2) is 41.4 Å².